The minimum Gasteiger partial charge on any atom is -0.337 e. The molecule has 136 valence electrons. The summed E-state index contributed by atoms with van der Waals surface area (Å²) in [4.78, 5) is 27.2. The van der Waals surface area contributed by atoms with Crippen molar-refractivity contribution < 1.29 is 9.59 Å². The van der Waals surface area contributed by atoms with Gasteiger partial charge in [-0.05, 0) is 63.2 Å². The van der Waals surface area contributed by atoms with Crippen LogP contribution in [0.5, 0.6) is 0 Å². The quantitative estimate of drug-likeness (QED) is 0.650. The normalized spacial score (nSPS) is 44.7. The summed E-state index contributed by atoms with van der Waals surface area (Å²) in [5.41, 5.74) is 0.0118. The molecule has 2 heterocycles. The number of Topliss-reactive ketones (excluding diaryl/α,β-unsaturated/α-hetero) is 1. The molecule has 0 bridgehead atoms. The van der Waals surface area contributed by atoms with Crippen LogP contribution in [0.25, 0.3) is 0 Å². The Balaban J connectivity index is 0.000000815. The third-order valence-electron chi connectivity index (χ3n) is 7.87. The number of piperidine rings is 1. The average Bonchev–Trinajstić information content (AvgIpc) is 2.79. The van der Waals surface area contributed by atoms with E-state index in [0.29, 0.717) is 29.4 Å². The van der Waals surface area contributed by atoms with E-state index in [4.69, 9.17) is 0 Å². The Kier molecular flexibility index (Phi) is 4.83. The molecule has 0 aromatic rings. The summed E-state index contributed by atoms with van der Waals surface area (Å²) >= 11 is 0. The number of carbonyl (C=O) groups excluding carboxylic acids is 2. The fraction of sp³-hybridized carbons (Fsp3) is 0.905. The first kappa shape index (κ1) is 17.9. The van der Waals surface area contributed by atoms with Gasteiger partial charge in [0.2, 0.25) is 5.91 Å². The molecule has 2 saturated carbocycles. The van der Waals surface area contributed by atoms with Crippen molar-refractivity contribution in [2.45, 2.75) is 91.0 Å². The number of ketones is 1. The lowest BCUT2D eigenvalue weighted by atomic mass is 9.53. The zero-order chi connectivity index (χ0) is 17.5. The minimum absolute atomic E-state index is 0.0472. The molecule has 4 fully saturated rings. The fourth-order valence-electron chi connectivity index (χ4n) is 6.59. The standard InChI is InChI=1S/C19H29NO2.C2H6/c1-18-11-8-15-13(14(18)6-7-16(18)21)9-12-20-17(22)5-3-4-10-19(15,20)2;1-2/h13-15H,3-12H2,1-2H3;1-2H3/t13-,14-,15?,18-,19+;/m0./s1. The van der Waals surface area contributed by atoms with Gasteiger partial charge in [0, 0.05) is 30.3 Å². The monoisotopic (exact) mass is 333 g/mol. The molecule has 0 aromatic carbocycles. The van der Waals surface area contributed by atoms with Crippen LogP contribution in [0.2, 0.25) is 0 Å². The molecule has 24 heavy (non-hydrogen) atoms. The second-order valence-electron chi connectivity index (χ2n) is 8.69. The second kappa shape index (κ2) is 6.46. The summed E-state index contributed by atoms with van der Waals surface area (Å²) in [6.07, 6.45) is 9.36. The van der Waals surface area contributed by atoms with Gasteiger partial charge in [-0.25, -0.2) is 0 Å². The first-order valence-electron chi connectivity index (χ1n) is 10.3. The summed E-state index contributed by atoms with van der Waals surface area (Å²) in [5.74, 6) is 2.76. The van der Waals surface area contributed by atoms with E-state index >= 15 is 0 Å². The van der Waals surface area contributed by atoms with Crippen molar-refractivity contribution in [1.29, 1.82) is 0 Å². The highest BCUT2D eigenvalue weighted by Crippen LogP contribution is 2.60. The Labute approximate surface area is 147 Å². The number of carbonyl (C=O) groups is 2. The van der Waals surface area contributed by atoms with Crippen LogP contribution in [0, 0.1) is 23.2 Å². The fourth-order valence-corrected chi connectivity index (χ4v) is 6.59. The molecule has 0 aromatic heterocycles. The first-order chi connectivity index (χ1) is 11.5. The maximum atomic E-state index is 12.5. The van der Waals surface area contributed by atoms with Gasteiger partial charge in [0.05, 0.1) is 0 Å². The van der Waals surface area contributed by atoms with Crippen LogP contribution >= 0.6 is 0 Å². The highest BCUT2D eigenvalue weighted by atomic mass is 16.2. The summed E-state index contributed by atoms with van der Waals surface area (Å²) in [6, 6.07) is 0. The lowest BCUT2D eigenvalue weighted by molar-refractivity contribution is -0.154. The molecule has 2 saturated heterocycles. The molecule has 2 aliphatic heterocycles. The number of fused-ring (bicyclic) bond motifs is 5. The number of rotatable bonds is 0. The Hall–Kier alpha value is -0.860. The summed E-state index contributed by atoms with van der Waals surface area (Å²) in [7, 11) is 0. The topological polar surface area (TPSA) is 37.4 Å². The van der Waals surface area contributed by atoms with Crippen LogP contribution in [0.3, 0.4) is 0 Å². The lowest BCUT2D eigenvalue weighted by Crippen LogP contribution is -2.62. The average molecular weight is 334 g/mol. The van der Waals surface area contributed by atoms with Crippen molar-refractivity contribution in [1.82, 2.24) is 4.90 Å². The van der Waals surface area contributed by atoms with Gasteiger partial charge >= 0.3 is 0 Å². The Morgan fingerprint density at radius 1 is 0.917 bits per heavy atom. The molecule has 0 spiro atoms. The van der Waals surface area contributed by atoms with E-state index < -0.39 is 0 Å². The number of nitrogens with zero attached hydrogens (tertiary/aromatic N) is 1. The molecule has 0 N–H and O–H groups in total. The summed E-state index contributed by atoms with van der Waals surface area (Å²) in [6.45, 7) is 9.51. The maximum absolute atomic E-state index is 12.5. The Morgan fingerprint density at radius 3 is 2.42 bits per heavy atom. The van der Waals surface area contributed by atoms with Gasteiger partial charge in [-0.15, -0.1) is 0 Å². The molecule has 3 heteroatoms. The summed E-state index contributed by atoms with van der Waals surface area (Å²) in [5, 5.41) is 0. The van der Waals surface area contributed by atoms with E-state index in [1.807, 2.05) is 13.8 Å². The number of hydrogen-bond acceptors (Lipinski definition) is 2. The van der Waals surface area contributed by atoms with E-state index in [2.05, 4.69) is 18.7 Å². The van der Waals surface area contributed by atoms with Gasteiger partial charge in [-0.1, -0.05) is 27.2 Å². The van der Waals surface area contributed by atoms with E-state index in [9.17, 15) is 9.59 Å². The molecule has 3 nitrogen and oxygen atoms in total. The van der Waals surface area contributed by atoms with E-state index in [-0.39, 0.29) is 11.0 Å². The van der Waals surface area contributed by atoms with Crippen LogP contribution < -0.4 is 0 Å². The smallest absolute Gasteiger partial charge is 0.223 e. The van der Waals surface area contributed by atoms with Gasteiger partial charge in [0.1, 0.15) is 5.78 Å². The van der Waals surface area contributed by atoms with Crippen LogP contribution in [0.15, 0.2) is 0 Å². The van der Waals surface area contributed by atoms with Crippen molar-refractivity contribution in [2.75, 3.05) is 6.54 Å². The molecule has 2 aliphatic carbocycles. The molecule has 1 amide bonds. The predicted molar refractivity (Wildman–Crippen MR) is 96.6 cm³/mol. The predicted octanol–water partition coefficient (Wildman–Crippen LogP) is 4.59. The van der Waals surface area contributed by atoms with Gasteiger partial charge in [-0.3, -0.25) is 9.59 Å². The minimum atomic E-state index is -0.0472. The van der Waals surface area contributed by atoms with Gasteiger partial charge in [0.25, 0.3) is 0 Å². The van der Waals surface area contributed by atoms with Crippen LogP contribution in [0.4, 0.5) is 0 Å². The van der Waals surface area contributed by atoms with Crippen molar-refractivity contribution in [2.24, 2.45) is 23.2 Å². The zero-order valence-corrected chi connectivity index (χ0v) is 16.1. The van der Waals surface area contributed by atoms with Crippen molar-refractivity contribution in [3.05, 3.63) is 0 Å². The van der Waals surface area contributed by atoms with Crippen molar-refractivity contribution >= 4 is 11.7 Å². The summed E-state index contributed by atoms with van der Waals surface area (Å²) < 4.78 is 0. The largest absolute Gasteiger partial charge is 0.337 e. The second-order valence-corrected chi connectivity index (χ2v) is 8.69. The van der Waals surface area contributed by atoms with E-state index in [0.717, 1.165) is 57.9 Å². The van der Waals surface area contributed by atoms with Crippen LogP contribution in [-0.4, -0.2) is 28.7 Å². The number of amides is 1. The molecular formula is C21H35NO2. The molecule has 4 rings (SSSR count). The molecular weight excluding hydrogens is 298 g/mol. The molecule has 5 atom stereocenters. The van der Waals surface area contributed by atoms with Gasteiger partial charge in [0.15, 0.2) is 0 Å². The number of hydrogen-bond donors (Lipinski definition) is 0. The van der Waals surface area contributed by atoms with Gasteiger partial charge < -0.3 is 4.90 Å². The third kappa shape index (κ3) is 2.45. The van der Waals surface area contributed by atoms with Gasteiger partial charge in [-0.2, -0.15) is 0 Å². The molecule has 0 radical (unpaired) electrons. The van der Waals surface area contributed by atoms with Crippen molar-refractivity contribution in [3.63, 3.8) is 0 Å². The van der Waals surface area contributed by atoms with Crippen molar-refractivity contribution in [3.8, 4) is 0 Å². The highest BCUT2D eigenvalue weighted by Gasteiger charge is 2.59. The Morgan fingerprint density at radius 2 is 1.67 bits per heavy atom. The van der Waals surface area contributed by atoms with Crippen LogP contribution in [0.1, 0.15) is 85.5 Å². The third-order valence-corrected chi connectivity index (χ3v) is 7.87. The van der Waals surface area contributed by atoms with Crippen LogP contribution in [-0.2, 0) is 9.59 Å². The Bertz CT molecular complexity index is 516. The first-order valence-corrected chi connectivity index (χ1v) is 10.3. The zero-order valence-electron chi connectivity index (χ0n) is 16.1. The SMILES string of the molecule is CC.C[C@]12CCC3[C@@H](CCN4C(=O)CCCC[C@]34C)[C@@H]1CCC2=O. The molecule has 4 aliphatic rings. The van der Waals surface area contributed by atoms with E-state index in [1.54, 1.807) is 0 Å². The molecule has 1 unspecified atom stereocenters. The lowest BCUT2D eigenvalue weighted by Gasteiger charge is -2.59. The van der Waals surface area contributed by atoms with E-state index in [1.165, 1.54) is 6.42 Å². The maximum Gasteiger partial charge on any atom is 0.223 e. The highest BCUT2D eigenvalue weighted by molar-refractivity contribution is 5.87.